The number of halogens is 1. The predicted molar refractivity (Wildman–Crippen MR) is 60.7 cm³/mol. The second kappa shape index (κ2) is 4.02. The van der Waals surface area contributed by atoms with Gasteiger partial charge < -0.3 is 4.57 Å². The topological polar surface area (TPSA) is 39.8 Å². The van der Waals surface area contributed by atoms with Crippen molar-refractivity contribution in [3.8, 4) is 0 Å². The van der Waals surface area contributed by atoms with E-state index >= 15 is 0 Å². The molecule has 0 radical (unpaired) electrons. The van der Waals surface area contributed by atoms with Crippen LogP contribution in [0.3, 0.4) is 0 Å². The van der Waals surface area contributed by atoms with Crippen LogP contribution in [0, 0.1) is 0 Å². The van der Waals surface area contributed by atoms with Gasteiger partial charge in [0.1, 0.15) is 0 Å². The molecule has 0 aliphatic rings. The molecule has 4 nitrogen and oxygen atoms in total. The molecular weight excluding hydrogens is 258 g/mol. The minimum Gasteiger partial charge on any atom is -0.310 e. The van der Waals surface area contributed by atoms with Crippen LogP contribution in [0.2, 0.25) is 0 Å². The molecule has 0 unspecified atom stereocenters. The summed E-state index contributed by atoms with van der Waals surface area (Å²) in [4.78, 5) is 11.7. The molecule has 0 aliphatic heterocycles. The highest BCUT2D eigenvalue weighted by Gasteiger charge is 2.02. The number of pyridine rings is 1. The Kier molecular flexibility index (Phi) is 2.73. The standard InChI is InChI=1S/C10H10BrN3O/c1-13-6-8(5-12-13)7-14-4-2-3-9(11)10(14)15/h2-6H,7H2,1H3. The maximum absolute atomic E-state index is 11.7. The van der Waals surface area contributed by atoms with Crippen molar-refractivity contribution >= 4 is 15.9 Å². The monoisotopic (exact) mass is 267 g/mol. The van der Waals surface area contributed by atoms with Crippen molar-refractivity contribution in [1.29, 1.82) is 0 Å². The molecule has 2 aromatic heterocycles. The molecule has 15 heavy (non-hydrogen) atoms. The SMILES string of the molecule is Cn1cc(Cn2cccc(Br)c2=O)cn1. The van der Waals surface area contributed by atoms with E-state index in [9.17, 15) is 4.79 Å². The lowest BCUT2D eigenvalue weighted by molar-refractivity contribution is 0.747. The Morgan fingerprint density at radius 3 is 3.00 bits per heavy atom. The molecule has 0 bridgehead atoms. The zero-order valence-electron chi connectivity index (χ0n) is 8.22. The first kappa shape index (κ1) is 10.2. The van der Waals surface area contributed by atoms with Crippen molar-refractivity contribution in [2.75, 3.05) is 0 Å². The predicted octanol–water partition coefficient (Wildman–Crippen LogP) is 1.39. The Morgan fingerprint density at radius 1 is 1.53 bits per heavy atom. The van der Waals surface area contributed by atoms with Crippen LogP contribution in [0.1, 0.15) is 5.56 Å². The van der Waals surface area contributed by atoms with Crippen molar-refractivity contribution in [3.63, 3.8) is 0 Å². The summed E-state index contributed by atoms with van der Waals surface area (Å²) in [6, 6.07) is 3.57. The summed E-state index contributed by atoms with van der Waals surface area (Å²) in [5.41, 5.74) is 0.985. The minimum absolute atomic E-state index is 0.0265. The van der Waals surface area contributed by atoms with Gasteiger partial charge in [0.05, 0.1) is 17.2 Å². The van der Waals surface area contributed by atoms with Crippen LogP contribution in [0.5, 0.6) is 0 Å². The highest BCUT2D eigenvalue weighted by Crippen LogP contribution is 2.03. The molecule has 2 heterocycles. The highest BCUT2D eigenvalue weighted by atomic mass is 79.9. The van der Waals surface area contributed by atoms with Gasteiger partial charge in [0, 0.05) is 25.0 Å². The van der Waals surface area contributed by atoms with Gasteiger partial charge in [-0.25, -0.2) is 0 Å². The van der Waals surface area contributed by atoms with Crippen LogP contribution in [0.4, 0.5) is 0 Å². The summed E-state index contributed by atoms with van der Waals surface area (Å²) in [6.07, 6.45) is 5.42. The summed E-state index contributed by atoms with van der Waals surface area (Å²) in [5, 5.41) is 4.05. The largest absolute Gasteiger partial charge is 0.310 e. The Balaban J connectivity index is 2.32. The van der Waals surface area contributed by atoms with E-state index in [4.69, 9.17) is 0 Å². The summed E-state index contributed by atoms with van der Waals surface area (Å²) < 4.78 is 3.94. The van der Waals surface area contributed by atoms with Crippen molar-refractivity contribution in [2.45, 2.75) is 6.54 Å². The quantitative estimate of drug-likeness (QED) is 0.825. The average molecular weight is 268 g/mol. The fourth-order valence-corrected chi connectivity index (χ4v) is 1.76. The molecule has 2 aromatic rings. The van der Waals surface area contributed by atoms with Crippen LogP contribution < -0.4 is 5.56 Å². The van der Waals surface area contributed by atoms with E-state index in [0.717, 1.165) is 5.56 Å². The maximum Gasteiger partial charge on any atom is 0.265 e. The third-order valence-electron chi connectivity index (χ3n) is 2.09. The third-order valence-corrected chi connectivity index (χ3v) is 2.69. The van der Waals surface area contributed by atoms with Crippen LogP contribution in [0.15, 0.2) is 40.0 Å². The van der Waals surface area contributed by atoms with Crippen molar-refractivity contribution < 1.29 is 0 Å². The molecule has 0 saturated carbocycles. The van der Waals surface area contributed by atoms with Crippen LogP contribution >= 0.6 is 15.9 Å². The fraction of sp³-hybridized carbons (Fsp3) is 0.200. The molecule has 0 N–H and O–H groups in total. The average Bonchev–Trinajstić information content (AvgIpc) is 2.59. The lowest BCUT2D eigenvalue weighted by Crippen LogP contribution is -2.19. The first-order chi connectivity index (χ1) is 7.16. The second-order valence-electron chi connectivity index (χ2n) is 3.31. The van der Waals surface area contributed by atoms with E-state index in [1.54, 1.807) is 27.7 Å². The van der Waals surface area contributed by atoms with Crippen LogP contribution in [0.25, 0.3) is 0 Å². The fourth-order valence-electron chi connectivity index (χ4n) is 1.38. The molecule has 0 aliphatic carbocycles. The van der Waals surface area contributed by atoms with E-state index in [1.807, 2.05) is 19.3 Å². The van der Waals surface area contributed by atoms with Crippen molar-refractivity contribution in [3.05, 3.63) is 51.1 Å². The molecular formula is C10H10BrN3O. The zero-order chi connectivity index (χ0) is 10.8. The van der Waals surface area contributed by atoms with E-state index in [1.165, 1.54) is 0 Å². The molecule has 5 heteroatoms. The third kappa shape index (κ3) is 2.18. The number of aryl methyl sites for hydroxylation is 1. The Bertz CT molecular complexity index is 529. The van der Waals surface area contributed by atoms with Crippen molar-refractivity contribution in [2.24, 2.45) is 7.05 Å². The molecule has 78 valence electrons. The molecule has 2 rings (SSSR count). The normalized spacial score (nSPS) is 10.5. The maximum atomic E-state index is 11.7. The second-order valence-corrected chi connectivity index (χ2v) is 4.17. The summed E-state index contributed by atoms with van der Waals surface area (Å²) >= 11 is 3.21. The van der Waals surface area contributed by atoms with Gasteiger partial charge in [-0.2, -0.15) is 5.10 Å². The Labute approximate surface area is 95.3 Å². The van der Waals surface area contributed by atoms with Gasteiger partial charge in [-0.3, -0.25) is 9.48 Å². The Morgan fingerprint density at radius 2 is 2.33 bits per heavy atom. The first-order valence-electron chi connectivity index (χ1n) is 4.49. The Hall–Kier alpha value is -1.36. The molecule has 0 spiro atoms. The molecule has 0 saturated heterocycles. The minimum atomic E-state index is -0.0265. The number of nitrogens with zero attached hydrogens (tertiary/aromatic N) is 3. The van der Waals surface area contributed by atoms with Gasteiger partial charge in [0.15, 0.2) is 0 Å². The summed E-state index contributed by atoms with van der Waals surface area (Å²) in [6.45, 7) is 0.548. The lowest BCUT2D eigenvalue weighted by atomic mass is 10.3. The zero-order valence-corrected chi connectivity index (χ0v) is 9.81. The molecule has 0 atom stereocenters. The van der Waals surface area contributed by atoms with E-state index in [0.29, 0.717) is 11.0 Å². The lowest BCUT2D eigenvalue weighted by Gasteiger charge is -2.02. The van der Waals surface area contributed by atoms with Gasteiger partial charge in [-0.15, -0.1) is 0 Å². The van der Waals surface area contributed by atoms with Crippen LogP contribution in [-0.4, -0.2) is 14.3 Å². The van der Waals surface area contributed by atoms with Gasteiger partial charge in [-0.05, 0) is 28.1 Å². The first-order valence-corrected chi connectivity index (χ1v) is 5.28. The van der Waals surface area contributed by atoms with Crippen molar-refractivity contribution in [1.82, 2.24) is 14.3 Å². The summed E-state index contributed by atoms with van der Waals surface area (Å²) in [5.74, 6) is 0. The number of hydrogen-bond donors (Lipinski definition) is 0. The van der Waals surface area contributed by atoms with E-state index in [2.05, 4.69) is 21.0 Å². The number of rotatable bonds is 2. The van der Waals surface area contributed by atoms with Gasteiger partial charge in [0.2, 0.25) is 0 Å². The van der Waals surface area contributed by atoms with Gasteiger partial charge >= 0.3 is 0 Å². The molecule has 0 amide bonds. The molecule has 0 fully saturated rings. The number of hydrogen-bond acceptors (Lipinski definition) is 2. The van der Waals surface area contributed by atoms with E-state index < -0.39 is 0 Å². The van der Waals surface area contributed by atoms with Gasteiger partial charge in [0.25, 0.3) is 5.56 Å². The smallest absolute Gasteiger partial charge is 0.265 e. The highest BCUT2D eigenvalue weighted by molar-refractivity contribution is 9.10. The summed E-state index contributed by atoms with van der Waals surface area (Å²) in [7, 11) is 1.85. The van der Waals surface area contributed by atoms with Gasteiger partial charge in [-0.1, -0.05) is 0 Å². The number of aromatic nitrogens is 3. The van der Waals surface area contributed by atoms with Crippen LogP contribution in [-0.2, 0) is 13.6 Å². The van der Waals surface area contributed by atoms with E-state index in [-0.39, 0.29) is 5.56 Å². The molecule has 0 aromatic carbocycles.